The van der Waals surface area contributed by atoms with E-state index in [0.717, 1.165) is 32.0 Å². The van der Waals surface area contributed by atoms with E-state index >= 15 is 0 Å². The van der Waals surface area contributed by atoms with Crippen LogP contribution in [0.15, 0.2) is 0 Å². The number of hydrogen-bond donors (Lipinski definition) is 2. The molecule has 0 aromatic carbocycles. The van der Waals surface area contributed by atoms with Gasteiger partial charge in [-0.3, -0.25) is 0 Å². The van der Waals surface area contributed by atoms with Crippen molar-refractivity contribution in [2.24, 2.45) is 5.92 Å². The topological polar surface area (TPSA) is 44.4 Å². The lowest BCUT2D eigenvalue weighted by atomic mass is 9.95. The van der Waals surface area contributed by atoms with Crippen LogP contribution in [0.1, 0.15) is 19.3 Å². The van der Waals surface area contributed by atoms with Crippen LogP contribution in [0.2, 0.25) is 0 Å². The van der Waals surface area contributed by atoms with E-state index in [1.165, 1.54) is 12.8 Å². The molecule has 1 heterocycles. The molecule has 2 amide bonds. The Hall–Kier alpha value is -0.770. The highest BCUT2D eigenvalue weighted by molar-refractivity contribution is 5.73. The van der Waals surface area contributed by atoms with Crippen molar-refractivity contribution in [3.63, 3.8) is 0 Å². The van der Waals surface area contributed by atoms with Gasteiger partial charge in [-0.1, -0.05) is 0 Å². The molecule has 0 aromatic heterocycles. The van der Waals surface area contributed by atoms with Crippen LogP contribution in [0.25, 0.3) is 0 Å². The van der Waals surface area contributed by atoms with Crippen LogP contribution < -0.4 is 10.6 Å². The standard InChI is InChI=1S/C10H21N3O/c1-13(2)10(14)12-8-5-9-3-6-11-7-4-9/h9,11H,3-8H2,1-2H3,(H,12,14). The summed E-state index contributed by atoms with van der Waals surface area (Å²) in [6.07, 6.45) is 3.61. The summed E-state index contributed by atoms with van der Waals surface area (Å²) < 4.78 is 0. The van der Waals surface area contributed by atoms with Crippen LogP contribution in [0.3, 0.4) is 0 Å². The number of urea groups is 1. The second-order valence-electron chi connectivity index (χ2n) is 4.11. The van der Waals surface area contributed by atoms with Crippen LogP contribution >= 0.6 is 0 Å². The maximum Gasteiger partial charge on any atom is 0.316 e. The van der Waals surface area contributed by atoms with Gasteiger partial charge in [0.25, 0.3) is 0 Å². The predicted octanol–water partition coefficient (Wildman–Crippen LogP) is 0.647. The van der Waals surface area contributed by atoms with Crippen LogP contribution in [-0.2, 0) is 0 Å². The number of hydrogen-bond acceptors (Lipinski definition) is 2. The summed E-state index contributed by atoms with van der Waals surface area (Å²) in [5.41, 5.74) is 0. The SMILES string of the molecule is CN(C)C(=O)NCCC1CCNCC1. The third-order valence-electron chi connectivity index (χ3n) is 2.69. The average Bonchev–Trinajstić information content (AvgIpc) is 2.19. The van der Waals surface area contributed by atoms with E-state index in [0.29, 0.717) is 0 Å². The molecule has 1 aliphatic heterocycles. The molecule has 1 aliphatic rings. The maximum atomic E-state index is 11.2. The van der Waals surface area contributed by atoms with E-state index in [1.54, 1.807) is 19.0 Å². The molecule has 4 nitrogen and oxygen atoms in total. The van der Waals surface area contributed by atoms with Gasteiger partial charge >= 0.3 is 6.03 Å². The van der Waals surface area contributed by atoms with Gasteiger partial charge in [-0.25, -0.2) is 4.79 Å². The van der Waals surface area contributed by atoms with Gasteiger partial charge in [-0.15, -0.1) is 0 Å². The fraction of sp³-hybridized carbons (Fsp3) is 0.900. The van der Waals surface area contributed by atoms with Gasteiger partial charge in [0, 0.05) is 20.6 Å². The Balaban J connectivity index is 2.05. The normalized spacial score (nSPS) is 17.9. The summed E-state index contributed by atoms with van der Waals surface area (Å²) in [7, 11) is 3.53. The first-order valence-corrected chi connectivity index (χ1v) is 5.36. The number of carbonyl (C=O) groups excluding carboxylic acids is 1. The Morgan fingerprint density at radius 2 is 2.07 bits per heavy atom. The Labute approximate surface area is 86.0 Å². The lowest BCUT2D eigenvalue weighted by molar-refractivity contribution is 0.216. The minimum atomic E-state index is 0.0129. The molecule has 14 heavy (non-hydrogen) atoms. The average molecular weight is 199 g/mol. The third kappa shape index (κ3) is 3.96. The zero-order chi connectivity index (χ0) is 10.4. The zero-order valence-electron chi connectivity index (χ0n) is 9.18. The predicted molar refractivity (Wildman–Crippen MR) is 57.3 cm³/mol. The van der Waals surface area contributed by atoms with Gasteiger partial charge in [0.15, 0.2) is 0 Å². The van der Waals surface area contributed by atoms with Crippen molar-refractivity contribution < 1.29 is 4.79 Å². The number of carbonyl (C=O) groups is 1. The van der Waals surface area contributed by atoms with Crippen LogP contribution in [-0.4, -0.2) is 44.7 Å². The van der Waals surface area contributed by atoms with Gasteiger partial charge in [0.1, 0.15) is 0 Å². The van der Waals surface area contributed by atoms with Crippen LogP contribution in [0.5, 0.6) is 0 Å². The Bertz CT molecular complexity index is 176. The van der Waals surface area contributed by atoms with E-state index in [1.807, 2.05) is 0 Å². The Kier molecular flexibility index (Phi) is 4.73. The molecule has 0 aliphatic carbocycles. The third-order valence-corrected chi connectivity index (χ3v) is 2.69. The molecule has 0 unspecified atom stereocenters. The lowest BCUT2D eigenvalue weighted by Crippen LogP contribution is -2.36. The molecule has 82 valence electrons. The summed E-state index contributed by atoms with van der Waals surface area (Å²) >= 11 is 0. The molecule has 0 radical (unpaired) electrons. The number of piperidine rings is 1. The molecule has 1 rings (SSSR count). The molecular weight excluding hydrogens is 178 g/mol. The van der Waals surface area contributed by atoms with Gasteiger partial charge in [-0.05, 0) is 38.3 Å². The summed E-state index contributed by atoms with van der Waals surface area (Å²) in [4.78, 5) is 12.8. The molecule has 0 bridgehead atoms. The summed E-state index contributed by atoms with van der Waals surface area (Å²) in [6.45, 7) is 3.07. The second kappa shape index (κ2) is 5.86. The Morgan fingerprint density at radius 3 is 2.64 bits per heavy atom. The minimum absolute atomic E-state index is 0.0129. The molecule has 2 N–H and O–H groups in total. The van der Waals surface area contributed by atoms with Gasteiger partial charge in [0.05, 0.1) is 0 Å². The van der Waals surface area contributed by atoms with E-state index in [9.17, 15) is 4.79 Å². The smallest absolute Gasteiger partial charge is 0.316 e. The highest BCUT2D eigenvalue weighted by Gasteiger charge is 2.12. The van der Waals surface area contributed by atoms with Crippen molar-refractivity contribution in [2.45, 2.75) is 19.3 Å². The molecule has 0 saturated carbocycles. The first-order chi connectivity index (χ1) is 6.70. The van der Waals surface area contributed by atoms with E-state index in [2.05, 4.69) is 10.6 Å². The van der Waals surface area contributed by atoms with Crippen molar-refractivity contribution in [1.29, 1.82) is 0 Å². The highest BCUT2D eigenvalue weighted by atomic mass is 16.2. The number of nitrogens with zero attached hydrogens (tertiary/aromatic N) is 1. The van der Waals surface area contributed by atoms with Crippen molar-refractivity contribution >= 4 is 6.03 Å². The molecule has 0 aromatic rings. The number of rotatable bonds is 3. The van der Waals surface area contributed by atoms with Crippen molar-refractivity contribution in [3.8, 4) is 0 Å². The fourth-order valence-electron chi connectivity index (χ4n) is 1.71. The molecule has 0 spiro atoms. The summed E-state index contributed by atoms with van der Waals surface area (Å²) in [5, 5.41) is 6.23. The number of amides is 2. The van der Waals surface area contributed by atoms with Crippen molar-refractivity contribution in [1.82, 2.24) is 15.5 Å². The first kappa shape index (κ1) is 11.3. The van der Waals surface area contributed by atoms with Crippen LogP contribution in [0.4, 0.5) is 4.79 Å². The van der Waals surface area contributed by atoms with E-state index in [-0.39, 0.29) is 6.03 Å². The van der Waals surface area contributed by atoms with Crippen LogP contribution in [0, 0.1) is 5.92 Å². The van der Waals surface area contributed by atoms with Gasteiger partial charge in [-0.2, -0.15) is 0 Å². The monoisotopic (exact) mass is 199 g/mol. The minimum Gasteiger partial charge on any atom is -0.338 e. The molecule has 1 saturated heterocycles. The van der Waals surface area contributed by atoms with Crippen molar-refractivity contribution in [2.75, 3.05) is 33.7 Å². The molecule has 1 fully saturated rings. The second-order valence-corrected chi connectivity index (χ2v) is 4.11. The zero-order valence-corrected chi connectivity index (χ0v) is 9.18. The van der Waals surface area contributed by atoms with E-state index < -0.39 is 0 Å². The molecular formula is C10H21N3O. The fourth-order valence-corrected chi connectivity index (χ4v) is 1.71. The number of nitrogens with one attached hydrogen (secondary N) is 2. The quantitative estimate of drug-likeness (QED) is 0.701. The highest BCUT2D eigenvalue weighted by Crippen LogP contribution is 2.14. The lowest BCUT2D eigenvalue weighted by Gasteiger charge is -2.22. The largest absolute Gasteiger partial charge is 0.338 e. The maximum absolute atomic E-state index is 11.2. The van der Waals surface area contributed by atoms with Gasteiger partial charge in [0.2, 0.25) is 0 Å². The molecule has 4 heteroatoms. The molecule has 0 atom stereocenters. The van der Waals surface area contributed by atoms with E-state index in [4.69, 9.17) is 0 Å². The summed E-state index contributed by atoms with van der Waals surface area (Å²) in [5.74, 6) is 0.790. The first-order valence-electron chi connectivity index (χ1n) is 5.36. The van der Waals surface area contributed by atoms with Crippen molar-refractivity contribution in [3.05, 3.63) is 0 Å². The van der Waals surface area contributed by atoms with Gasteiger partial charge < -0.3 is 15.5 Å². The Morgan fingerprint density at radius 1 is 1.43 bits per heavy atom. The summed E-state index contributed by atoms with van der Waals surface area (Å²) in [6, 6.07) is 0.0129.